The fourth-order valence-electron chi connectivity index (χ4n) is 1.32. The molecule has 3 heteroatoms. The first-order valence-electron chi connectivity index (χ1n) is 4.01. The minimum atomic E-state index is 0.130. The summed E-state index contributed by atoms with van der Waals surface area (Å²) in [5.74, 6) is 0. The van der Waals surface area contributed by atoms with Gasteiger partial charge in [-0.2, -0.15) is 0 Å². The third-order valence-electron chi connectivity index (χ3n) is 2.04. The lowest BCUT2D eigenvalue weighted by Crippen LogP contribution is -1.74. The van der Waals surface area contributed by atoms with Crippen LogP contribution in [-0.2, 0) is 6.61 Å². The van der Waals surface area contributed by atoms with E-state index >= 15 is 0 Å². The van der Waals surface area contributed by atoms with E-state index in [4.69, 9.17) is 5.11 Å². The van der Waals surface area contributed by atoms with Gasteiger partial charge in [-0.3, -0.25) is 0 Å². The molecule has 0 aliphatic carbocycles. The fourth-order valence-corrected chi connectivity index (χ4v) is 2.84. The molecule has 0 aliphatic heterocycles. The maximum Gasteiger partial charge on any atom is 0.0774 e. The van der Waals surface area contributed by atoms with Crippen LogP contribution in [0.2, 0.25) is 0 Å². The topological polar surface area (TPSA) is 20.2 Å². The third-order valence-corrected chi connectivity index (χ3v) is 4.17. The molecule has 1 N–H and O–H groups in total. The Hall–Kier alpha value is -0.380. The molecule has 13 heavy (non-hydrogen) atoms. The van der Waals surface area contributed by atoms with Crippen molar-refractivity contribution in [1.29, 1.82) is 0 Å². The SMILES string of the molecule is Cc1ccc2sc(CO)cc2c1Br. The van der Waals surface area contributed by atoms with E-state index in [9.17, 15) is 0 Å². The van der Waals surface area contributed by atoms with Gasteiger partial charge >= 0.3 is 0 Å². The van der Waals surface area contributed by atoms with Gasteiger partial charge in [0.1, 0.15) is 0 Å². The van der Waals surface area contributed by atoms with E-state index in [2.05, 4.69) is 35.0 Å². The van der Waals surface area contributed by atoms with E-state index in [-0.39, 0.29) is 6.61 Å². The molecule has 2 aromatic rings. The molecule has 0 spiro atoms. The van der Waals surface area contributed by atoms with Gasteiger partial charge in [0, 0.05) is 19.4 Å². The van der Waals surface area contributed by atoms with Crippen LogP contribution < -0.4 is 0 Å². The summed E-state index contributed by atoms with van der Waals surface area (Å²) >= 11 is 5.19. The maximum absolute atomic E-state index is 8.99. The van der Waals surface area contributed by atoms with Gasteiger partial charge in [-0.05, 0) is 40.5 Å². The molecule has 1 aromatic heterocycles. The predicted octanol–water partition coefficient (Wildman–Crippen LogP) is 3.46. The van der Waals surface area contributed by atoms with Crippen LogP contribution in [0.1, 0.15) is 10.4 Å². The summed E-state index contributed by atoms with van der Waals surface area (Å²) in [6.07, 6.45) is 0. The second-order valence-electron chi connectivity index (χ2n) is 2.98. The van der Waals surface area contributed by atoms with Crippen LogP contribution in [0.5, 0.6) is 0 Å². The molecule has 2 rings (SSSR count). The number of hydrogen-bond acceptors (Lipinski definition) is 2. The lowest BCUT2D eigenvalue weighted by molar-refractivity contribution is 0.285. The number of aliphatic hydroxyl groups excluding tert-OH is 1. The van der Waals surface area contributed by atoms with Crippen molar-refractivity contribution in [2.24, 2.45) is 0 Å². The van der Waals surface area contributed by atoms with Gasteiger partial charge in [0.15, 0.2) is 0 Å². The van der Waals surface area contributed by atoms with E-state index in [0.717, 1.165) is 9.35 Å². The Kier molecular flexibility index (Phi) is 2.41. The number of benzene rings is 1. The Morgan fingerprint density at radius 1 is 1.46 bits per heavy atom. The molecule has 0 fully saturated rings. The zero-order valence-corrected chi connectivity index (χ0v) is 9.58. The number of halogens is 1. The molecular weight excluding hydrogens is 248 g/mol. The van der Waals surface area contributed by atoms with Gasteiger partial charge in [-0.1, -0.05) is 6.07 Å². The van der Waals surface area contributed by atoms with Crippen LogP contribution in [0.3, 0.4) is 0 Å². The highest BCUT2D eigenvalue weighted by molar-refractivity contribution is 9.10. The average molecular weight is 257 g/mol. The van der Waals surface area contributed by atoms with Crippen LogP contribution in [-0.4, -0.2) is 5.11 Å². The molecule has 0 bridgehead atoms. The van der Waals surface area contributed by atoms with E-state index in [1.807, 2.05) is 6.07 Å². The summed E-state index contributed by atoms with van der Waals surface area (Å²) in [6, 6.07) is 6.22. The number of thiophene rings is 1. The minimum absolute atomic E-state index is 0.130. The zero-order chi connectivity index (χ0) is 9.42. The quantitative estimate of drug-likeness (QED) is 0.829. The molecule has 0 radical (unpaired) electrons. The van der Waals surface area contributed by atoms with Crippen molar-refractivity contribution in [2.45, 2.75) is 13.5 Å². The lowest BCUT2D eigenvalue weighted by atomic mass is 10.2. The molecule has 1 nitrogen and oxygen atoms in total. The van der Waals surface area contributed by atoms with Crippen molar-refractivity contribution in [3.05, 3.63) is 33.1 Å². The highest BCUT2D eigenvalue weighted by atomic mass is 79.9. The van der Waals surface area contributed by atoms with Gasteiger partial charge < -0.3 is 5.11 Å². The average Bonchev–Trinajstić information content (AvgIpc) is 2.55. The van der Waals surface area contributed by atoms with Gasteiger partial charge in [0.25, 0.3) is 0 Å². The number of rotatable bonds is 1. The smallest absolute Gasteiger partial charge is 0.0774 e. The Labute approximate surface area is 89.1 Å². The number of hydrogen-bond donors (Lipinski definition) is 1. The largest absolute Gasteiger partial charge is 0.391 e. The molecule has 0 saturated carbocycles. The van der Waals surface area contributed by atoms with E-state index in [0.29, 0.717) is 0 Å². The lowest BCUT2D eigenvalue weighted by Gasteiger charge is -1.97. The first-order chi connectivity index (χ1) is 6.22. The molecule has 68 valence electrons. The van der Waals surface area contributed by atoms with Crippen LogP contribution >= 0.6 is 27.3 Å². The van der Waals surface area contributed by atoms with Crippen molar-refractivity contribution in [3.8, 4) is 0 Å². The summed E-state index contributed by atoms with van der Waals surface area (Å²) in [5.41, 5.74) is 1.23. The van der Waals surface area contributed by atoms with Crippen molar-refractivity contribution in [1.82, 2.24) is 0 Å². The van der Waals surface area contributed by atoms with Crippen molar-refractivity contribution in [2.75, 3.05) is 0 Å². The standard InChI is InChI=1S/C10H9BrOS/c1-6-2-3-9-8(10(6)11)4-7(5-12)13-9/h2-4,12H,5H2,1H3. The van der Waals surface area contributed by atoms with Gasteiger partial charge in [0.05, 0.1) is 6.61 Å². The summed E-state index contributed by atoms with van der Waals surface area (Å²) in [4.78, 5) is 1.02. The van der Waals surface area contributed by atoms with Crippen LogP contribution in [0.25, 0.3) is 10.1 Å². The van der Waals surface area contributed by atoms with Gasteiger partial charge in [0.2, 0.25) is 0 Å². The first kappa shape index (κ1) is 9.19. The molecule has 0 unspecified atom stereocenters. The highest BCUT2D eigenvalue weighted by Crippen LogP contribution is 2.33. The molecule has 0 saturated heterocycles. The Balaban J connectivity index is 2.76. The molecule has 0 aliphatic rings. The van der Waals surface area contributed by atoms with Crippen molar-refractivity contribution >= 4 is 37.4 Å². The minimum Gasteiger partial charge on any atom is -0.391 e. The second kappa shape index (κ2) is 3.40. The van der Waals surface area contributed by atoms with Crippen LogP contribution in [0, 0.1) is 6.92 Å². The number of aryl methyl sites for hydroxylation is 1. The molecular formula is C10H9BrOS. The highest BCUT2D eigenvalue weighted by Gasteiger charge is 2.05. The Morgan fingerprint density at radius 3 is 2.92 bits per heavy atom. The van der Waals surface area contributed by atoms with Crippen LogP contribution in [0.4, 0.5) is 0 Å². The Morgan fingerprint density at radius 2 is 2.23 bits per heavy atom. The van der Waals surface area contributed by atoms with Crippen molar-refractivity contribution < 1.29 is 5.11 Å². The summed E-state index contributed by atoms with van der Waals surface area (Å²) < 4.78 is 2.36. The molecule has 0 amide bonds. The Bertz CT molecular complexity index is 447. The van der Waals surface area contributed by atoms with Gasteiger partial charge in [-0.25, -0.2) is 0 Å². The molecule has 0 atom stereocenters. The van der Waals surface area contributed by atoms with Crippen LogP contribution in [0.15, 0.2) is 22.7 Å². The van der Waals surface area contributed by atoms with Crippen molar-refractivity contribution in [3.63, 3.8) is 0 Å². The second-order valence-corrected chi connectivity index (χ2v) is 4.94. The van der Waals surface area contributed by atoms with Gasteiger partial charge in [-0.15, -0.1) is 11.3 Å². The number of aliphatic hydroxyl groups is 1. The summed E-state index contributed by atoms with van der Waals surface area (Å²) in [5, 5.41) is 10.2. The van der Waals surface area contributed by atoms with E-state index in [1.54, 1.807) is 11.3 Å². The number of fused-ring (bicyclic) bond motifs is 1. The normalized spacial score (nSPS) is 11.0. The maximum atomic E-state index is 8.99. The molecule has 1 aromatic carbocycles. The predicted molar refractivity (Wildman–Crippen MR) is 60.2 cm³/mol. The monoisotopic (exact) mass is 256 g/mol. The molecule has 1 heterocycles. The van der Waals surface area contributed by atoms with E-state index in [1.165, 1.54) is 15.6 Å². The first-order valence-corrected chi connectivity index (χ1v) is 5.61. The fraction of sp³-hybridized carbons (Fsp3) is 0.200. The zero-order valence-electron chi connectivity index (χ0n) is 7.17. The summed E-state index contributed by atoms with van der Waals surface area (Å²) in [7, 11) is 0. The van der Waals surface area contributed by atoms with E-state index < -0.39 is 0 Å². The summed E-state index contributed by atoms with van der Waals surface area (Å²) in [6.45, 7) is 2.20. The third kappa shape index (κ3) is 1.52.